The summed E-state index contributed by atoms with van der Waals surface area (Å²) in [4.78, 5) is 2.57. The molecule has 1 saturated heterocycles. The molecule has 0 aliphatic carbocycles. The number of benzene rings is 1. The molecule has 0 unspecified atom stereocenters. The summed E-state index contributed by atoms with van der Waals surface area (Å²) < 4.78 is 5.88. The van der Waals surface area contributed by atoms with Gasteiger partial charge in [0.05, 0.1) is 13.2 Å². The van der Waals surface area contributed by atoms with Crippen LogP contribution >= 0.6 is 0 Å². The van der Waals surface area contributed by atoms with Gasteiger partial charge in [0.25, 0.3) is 0 Å². The minimum atomic E-state index is 0.178. The van der Waals surface area contributed by atoms with Gasteiger partial charge in [-0.25, -0.2) is 0 Å². The number of unbranched alkanes of at least 4 members (excludes halogenated alkanes) is 1. The van der Waals surface area contributed by atoms with Crippen LogP contribution in [0.5, 0.6) is 0 Å². The van der Waals surface area contributed by atoms with E-state index in [1.165, 1.54) is 69.2 Å². The standard InChI is InChI=1S/C32H59N3O/c1-30(2,3)26-36-24-23-35-21-16-29(17-22-35)34-32(6,7)19-18-31(4,5)25-28-14-12-27(13-15-28)11-9-10-20-33-8/h12-15,29,33-34H,9-11,16-26H2,1-8H3. The quantitative estimate of drug-likeness (QED) is 0.254. The van der Waals surface area contributed by atoms with Crippen LogP contribution in [0.3, 0.4) is 0 Å². The van der Waals surface area contributed by atoms with E-state index in [2.05, 4.69) is 88.3 Å². The lowest BCUT2D eigenvalue weighted by molar-refractivity contribution is 0.0481. The Morgan fingerprint density at radius 1 is 0.889 bits per heavy atom. The van der Waals surface area contributed by atoms with Gasteiger partial charge < -0.3 is 20.3 Å². The van der Waals surface area contributed by atoms with E-state index in [1.807, 2.05) is 7.05 Å². The zero-order chi connectivity index (χ0) is 26.7. The van der Waals surface area contributed by atoms with Gasteiger partial charge in [-0.1, -0.05) is 58.9 Å². The molecule has 0 radical (unpaired) electrons. The molecule has 1 fully saturated rings. The first-order chi connectivity index (χ1) is 16.9. The lowest BCUT2D eigenvalue weighted by Gasteiger charge is -2.39. The topological polar surface area (TPSA) is 36.5 Å². The Morgan fingerprint density at radius 2 is 1.53 bits per heavy atom. The maximum absolute atomic E-state index is 5.88. The maximum atomic E-state index is 5.88. The molecular formula is C32H59N3O. The van der Waals surface area contributed by atoms with Crippen LogP contribution in [0, 0.1) is 10.8 Å². The second-order valence-electron chi connectivity index (χ2n) is 14.0. The maximum Gasteiger partial charge on any atom is 0.0593 e. The van der Waals surface area contributed by atoms with Gasteiger partial charge in [0, 0.05) is 18.1 Å². The Kier molecular flexibility index (Phi) is 12.9. The van der Waals surface area contributed by atoms with Crippen LogP contribution in [0.4, 0.5) is 0 Å². The molecule has 1 aromatic rings. The highest BCUT2D eigenvalue weighted by Crippen LogP contribution is 2.31. The number of ether oxygens (including phenoxy) is 1. The summed E-state index contributed by atoms with van der Waals surface area (Å²) in [7, 11) is 2.03. The number of hydrogen-bond acceptors (Lipinski definition) is 4. The molecule has 2 rings (SSSR count). The SMILES string of the molecule is CNCCCCc1ccc(CC(C)(C)CCC(C)(C)NC2CCN(CCOCC(C)(C)C)CC2)cc1. The zero-order valence-corrected chi connectivity index (χ0v) is 25.1. The lowest BCUT2D eigenvalue weighted by atomic mass is 9.78. The number of aryl methyl sites for hydroxylation is 1. The van der Waals surface area contributed by atoms with Gasteiger partial charge in [-0.15, -0.1) is 0 Å². The number of piperidine rings is 1. The third kappa shape index (κ3) is 13.6. The predicted molar refractivity (Wildman–Crippen MR) is 157 cm³/mol. The van der Waals surface area contributed by atoms with E-state index in [-0.39, 0.29) is 11.0 Å². The molecule has 1 aliphatic heterocycles. The number of nitrogens with one attached hydrogen (secondary N) is 2. The summed E-state index contributed by atoms with van der Waals surface area (Å²) in [5, 5.41) is 7.25. The highest BCUT2D eigenvalue weighted by Gasteiger charge is 2.28. The van der Waals surface area contributed by atoms with Gasteiger partial charge in [-0.05, 0) is 114 Å². The van der Waals surface area contributed by atoms with Gasteiger partial charge in [-0.3, -0.25) is 0 Å². The molecule has 36 heavy (non-hydrogen) atoms. The first-order valence-electron chi connectivity index (χ1n) is 14.7. The number of hydrogen-bond donors (Lipinski definition) is 2. The predicted octanol–water partition coefficient (Wildman–Crippen LogP) is 6.47. The molecule has 0 aromatic heterocycles. The van der Waals surface area contributed by atoms with Crippen molar-refractivity contribution in [2.24, 2.45) is 10.8 Å². The average Bonchev–Trinajstić information content (AvgIpc) is 2.80. The molecule has 4 heteroatoms. The van der Waals surface area contributed by atoms with Crippen LogP contribution < -0.4 is 10.6 Å². The fourth-order valence-corrected chi connectivity index (χ4v) is 5.24. The second-order valence-corrected chi connectivity index (χ2v) is 14.0. The number of rotatable bonds is 16. The van der Waals surface area contributed by atoms with Crippen molar-refractivity contribution in [3.8, 4) is 0 Å². The minimum Gasteiger partial charge on any atom is -0.380 e. The van der Waals surface area contributed by atoms with E-state index < -0.39 is 0 Å². The Bertz CT molecular complexity index is 712. The van der Waals surface area contributed by atoms with Gasteiger partial charge in [0.15, 0.2) is 0 Å². The number of nitrogens with zero attached hydrogens (tertiary/aromatic N) is 1. The van der Waals surface area contributed by atoms with Crippen molar-refractivity contribution in [1.29, 1.82) is 0 Å². The first kappa shape index (κ1) is 31.3. The summed E-state index contributed by atoms with van der Waals surface area (Å²) in [6, 6.07) is 10.1. The van der Waals surface area contributed by atoms with Crippen molar-refractivity contribution in [2.75, 3.05) is 46.4 Å². The third-order valence-electron chi connectivity index (χ3n) is 7.54. The van der Waals surface area contributed by atoms with Crippen LogP contribution in [0.2, 0.25) is 0 Å². The van der Waals surface area contributed by atoms with E-state index in [0.29, 0.717) is 11.5 Å². The molecule has 1 aromatic carbocycles. The summed E-state index contributed by atoms with van der Waals surface area (Å²) in [6.07, 6.45) is 9.79. The molecule has 208 valence electrons. The van der Waals surface area contributed by atoms with Gasteiger partial charge in [0.1, 0.15) is 0 Å². The summed E-state index contributed by atoms with van der Waals surface area (Å²) in [5.74, 6) is 0. The third-order valence-corrected chi connectivity index (χ3v) is 7.54. The van der Waals surface area contributed by atoms with Crippen LogP contribution in [0.25, 0.3) is 0 Å². The molecule has 0 amide bonds. The smallest absolute Gasteiger partial charge is 0.0593 e. The van der Waals surface area contributed by atoms with Crippen LogP contribution in [0.1, 0.15) is 98.1 Å². The van der Waals surface area contributed by atoms with Crippen molar-refractivity contribution in [1.82, 2.24) is 15.5 Å². The highest BCUT2D eigenvalue weighted by molar-refractivity contribution is 5.23. The molecular weight excluding hydrogens is 442 g/mol. The Labute approximate surface area is 224 Å². The van der Waals surface area contributed by atoms with Crippen molar-refractivity contribution < 1.29 is 4.74 Å². The lowest BCUT2D eigenvalue weighted by Crippen LogP contribution is -2.51. The van der Waals surface area contributed by atoms with E-state index in [0.717, 1.165) is 32.7 Å². The molecule has 4 nitrogen and oxygen atoms in total. The summed E-state index contributed by atoms with van der Waals surface area (Å²) >= 11 is 0. The van der Waals surface area contributed by atoms with E-state index in [1.54, 1.807) is 0 Å². The Morgan fingerprint density at radius 3 is 2.14 bits per heavy atom. The molecule has 0 bridgehead atoms. The van der Waals surface area contributed by atoms with E-state index in [4.69, 9.17) is 4.74 Å². The van der Waals surface area contributed by atoms with Crippen molar-refractivity contribution >= 4 is 0 Å². The fourth-order valence-electron chi connectivity index (χ4n) is 5.24. The van der Waals surface area contributed by atoms with Crippen LogP contribution in [-0.2, 0) is 17.6 Å². The number of likely N-dealkylation sites (tertiary alicyclic amines) is 1. The van der Waals surface area contributed by atoms with E-state index >= 15 is 0 Å². The molecule has 2 N–H and O–H groups in total. The second kappa shape index (κ2) is 14.9. The monoisotopic (exact) mass is 501 g/mol. The first-order valence-corrected chi connectivity index (χ1v) is 14.7. The molecule has 1 aliphatic rings. The van der Waals surface area contributed by atoms with Gasteiger partial charge >= 0.3 is 0 Å². The van der Waals surface area contributed by atoms with Gasteiger partial charge in [-0.2, -0.15) is 0 Å². The molecule has 1 heterocycles. The fraction of sp³-hybridized carbons (Fsp3) is 0.812. The molecule has 0 atom stereocenters. The van der Waals surface area contributed by atoms with Crippen molar-refractivity contribution in [3.63, 3.8) is 0 Å². The normalized spacial score (nSPS) is 16.6. The van der Waals surface area contributed by atoms with Gasteiger partial charge in [0.2, 0.25) is 0 Å². The Hall–Kier alpha value is -0.940. The van der Waals surface area contributed by atoms with Crippen LogP contribution in [-0.4, -0.2) is 62.9 Å². The zero-order valence-electron chi connectivity index (χ0n) is 25.1. The summed E-state index contributed by atoms with van der Waals surface area (Å²) in [5.41, 5.74) is 3.69. The van der Waals surface area contributed by atoms with E-state index in [9.17, 15) is 0 Å². The van der Waals surface area contributed by atoms with Crippen molar-refractivity contribution in [2.45, 2.75) is 111 Å². The molecule has 0 saturated carbocycles. The van der Waals surface area contributed by atoms with Crippen molar-refractivity contribution in [3.05, 3.63) is 35.4 Å². The average molecular weight is 502 g/mol. The molecule has 0 spiro atoms. The highest BCUT2D eigenvalue weighted by atomic mass is 16.5. The Balaban J connectivity index is 1.68. The largest absolute Gasteiger partial charge is 0.380 e. The van der Waals surface area contributed by atoms with Crippen LogP contribution in [0.15, 0.2) is 24.3 Å². The summed E-state index contributed by atoms with van der Waals surface area (Å²) in [6.45, 7) is 22.6. The minimum absolute atomic E-state index is 0.178.